The fourth-order valence-corrected chi connectivity index (χ4v) is 2.92. The van der Waals surface area contributed by atoms with E-state index < -0.39 is 0 Å². The summed E-state index contributed by atoms with van der Waals surface area (Å²) in [6.45, 7) is 8.80. The number of carbonyl (C=O) groups excluding carboxylic acids is 1. The Morgan fingerprint density at radius 2 is 1.91 bits per heavy atom. The van der Waals surface area contributed by atoms with E-state index in [0.29, 0.717) is 11.1 Å². The monoisotopic (exact) mass is 333 g/mol. The summed E-state index contributed by atoms with van der Waals surface area (Å²) in [6.07, 6.45) is 0. The molecule has 0 aliphatic heterocycles. The number of hydrogen-bond donors (Lipinski definition) is 1. The quantitative estimate of drug-likeness (QED) is 0.789. The number of thioether (sulfide) groups is 1. The molecule has 124 valence electrons. The predicted molar refractivity (Wildman–Crippen MR) is 91.0 cm³/mol. The van der Waals surface area contributed by atoms with Crippen molar-refractivity contribution < 1.29 is 4.79 Å². The zero-order chi connectivity index (χ0) is 16.8. The van der Waals surface area contributed by atoms with Crippen LogP contribution in [0.1, 0.15) is 39.3 Å². The van der Waals surface area contributed by atoms with Gasteiger partial charge in [0.25, 0.3) is 0 Å². The van der Waals surface area contributed by atoms with Gasteiger partial charge < -0.3 is 5.32 Å². The third kappa shape index (κ3) is 5.06. The lowest BCUT2D eigenvalue weighted by molar-refractivity contribution is -0.120. The third-order valence-electron chi connectivity index (χ3n) is 3.35. The molecule has 0 aliphatic rings. The van der Waals surface area contributed by atoms with E-state index in [-0.39, 0.29) is 17.2 Å². The molecule has 0 spiro atoms. The third-order valence-corrected chi connectivity index (χ3v) is 4.42. The Kier molecular flexibility index (Phi) is 6.15. The minimum Gasteiger partial charge on any atom is -0.349 e. The Labute approximate surface area is 141 Å². The van der Waals surface area contributed by atoms with E-state index in [1.807, 2.05) is 44.2 Å². The van der Waals surface area contributed by atoms with Crippen molar-refractivity contribution in [2.45, 2.75) is 50.7 Å². The molecule has 2 atom stereocenters. The molecule has 1 heterocycles. The van der Waals surface area contributed by atoms with Crippen LogP contribution in [0, 0.1) is 5.92 Å². The number of nitrogens with one attached hydrogen (secondary N) is 1. The highest BCUT2D eigenvalue weighted by Crippen LogP contribution is 2.22. The average Bonchev–Trinajstić information content (AvgIpc) is 2.94. The number of amides is 1. The van der Waals surface area contributed by atoms with Crippen LogP contribution in [0.25, 0.3) is 0 Å². The van der Waals surface area contributed by atoms with Crippen molar-refractivity contribution in [3.8, 4) is 0 Å². The second-order valence-electron chi connectivity index (χ2n) is 5.94. The molecular weight excluding hydrogens is 310 g/mol. The van der Waals surface area contributed by atoms with Crippen LogP contribution in [0.4, 0.5) is 0 Å². The number of tetrazole rings is 1. The summed E-state index contributed by atoms with van der Waals surface area (Å²) in [7, 11) is 0. The molecule has 7 heteroatoms. The first-order chi connectivity index (χ1) is 11.0. The second kappa shape index (κ2) is 8.10. The topological polar surface area (TPSA) is 72.7 Å². The maximum Gasteiger partial charge on any atom is 0.233 e. The summed E-state index contributed by atoms with van der Waals surface area (Å²) in [5.41, 5.74) is 1.09. The van der Waals surface area contributed by atoms with Crippen molar-refractivity contribution in [2.24, 2.45) is 5.92 Å². The number of aromatic nitrogens is 4. The van der Waals surface area contributed by atoms with Crippen LogP contribution in [0.5, 0.6) is 0 Å². The standard InChI is InChI=1S/C16H23N5OS/c1-11(2)10-21-16(18-19-20-21)23-13(4)15(22)17-12(3)14-8-6-5-7-9-14/h5-9,11-13H,10H2,1-4H3,(H,17,22). The molecule has 2 unspecified atom stereocenters. The van der Waals surface area contributed by atoms with Gasteiger partial charge in [-0.3, -0.25) is 4.79 Å². The normalized spacial score (nSPS) is 13.8. The van der Waals surface area contributed by atoms with Crippen LogP contribution in [0.2, 0.25) is 0 Å². The smallest absolute Gasteiger partial charge is 0.233 e. The van der Waals surface area contributed by atoms with Gasteiger partial charge in [-0.15, -0.1) is 5.10 Å². The van der Waals surface area contributed by atoms with Gasteiger partial charge in [-0.05, 0) is 35.8 Å². The van der Waals surface area contributed by atoms with E-state index in [1.165, 1.54) is 11.8 Å². The highest BCUT2D eigenvalue weighted by Gasteiger charge is 2.20. The Balaban J connectivity index is 1.94. The van der Waals surface area contributed by atoms with E-state index in [0.717, 1.165) is 12.1 Å². The molecule has 6 nitrogen and oxygen atoms in total. The molecule has 2 rings (SSSR count). The van der Waals surface area contributed by atoms with Gasteiger partial charge in [0.2, 0.25) is 11.1 Å². The van der Waals surface area contributed by atoms with Crippen molar-refractivity contribution in [3.05, 3.63) is 35.9 Å². The minimum atomic E-state index is -0.266. The van der Waals surface area contributed by atoms with E-state index >= 15 is 0 Å². The van der Waals surface area contributed by atoms with Crippen molar-refractivity contribution in [1.29, 1.82) is 0 Å². The first kappa shape index (κ1) is 17.5. The summed E-state index contributed by atoms with van der Waals surface area (Å²) in [5.74, 6) is 0.422. The van der Waals surface area contributed by atoms with Crippen molar-refractivity contribution in [3.63, 3.8) is 0 Å². The van der Waals surface area contributed by atoms with Gasteiger partial charge in [0.1, 0.15) is 0 Å². The number of carbonyl (C=O) groups is 1. The zero-order valence-corrected chi connectivity index (χ0v) is 14.7. The molecule has 1 aromatic heterocycles. The Morgan fingerprint density at radius 1 is 1.22 bits per heavy atom. The molecule has 2 aromatic rings. The van der Waals surface area contributed by atoms with E-state index in [9.17, 15) is 4.79 Å². The molecule has 1 aromatic carbocycles. The maximum absolute atomic E-state index is 12.4. The summed E-state index contributed by atoms with van der Waals surface area (Å²) in [5, 5.41) is 15.1. The molecule has 0 radical (unpaired) electrons. The van der Waals surface area contributed by atoms with Gasteiger partial charge in [0.05, 0.1) is 11.3 Å². The van der Waals surface area contributed by atoms with Gasteiger partial charge in [-0.1, -0.05) is 55.9 Å². The highest BCUT2D eigenvalue weighted by molar-refractivity contribution is 8.00. The Morgan fingerprint density at radius 3 is 2.57 bits per heavy atom. The van der Waals surface area contributed by atoms with Gasteiger partial charge in [-0.2, -0.15) is 0 Å². The SMILES string of the molecule is CC(C)Cn1nnnc1SC(C)C(=O)NC(C)c1ccccc1. The lowest BCUT2D eigenvalue weighted by Gasteiger charge is -2.17. The van der Waals surface area contributed by atoms with E-state index in [1.54, 1.807) is 4.68 Å². The van der Waals surface area contributed by atoms with Gasteiger partial charge >= 0.3 is 0 Å². The van der Waals surface area contributed by atoms with Crippen LogP contribution in [0.15, 0.2) is 35.5 Å². The zero-order valence-electron chi connectivity index (χ0n) is 13.9. The maximum atomic E-state index is 12.4. The molecule has 0 saturated carbocycles. The largest absolute Gasteiger partial charge is 0.349 e. The fourth-order valence-electron chi connectivity index (χ4n) is 2.11. The van der Waals surface area contributed by atoms with Gasteiger partial charge in [0, 0.05) is 6.54 Å². The average molecular weight is 333 g/mol. The molecule has 0 bridgehead atoms. The molecule has 0 aliphatic carbocycles. The Bertz CT molecular complexity index is 628. The minimum absolute atomic E-state index is 0.0227. The lowest BCUT2D eigenvalue weighted by atomic mass is 10.1. The summed E-state index contributed by atoms with van der Waals surface area (Å²) in [6, 6.07) is 9.88. The van der Waals surface area contributed by atoms with Crippen LogP contribution < -0.4 is 5.32 Å². The summed E-state index contributed by atoms with van der Waals surface area (Å²) < 4.78 is 1.75. The predicted octanol–water partition coefficient (Wildman–Crippen LogP) is 2.69. The lowest BCUT2D eigenvalue weighted by Crippen LogP contribution is -2.33. The number of nitrogens with zero attached hydrogens (tertiary/aromatic N) is 4. The van der Waals surface area contributed by atoms with Crippen LogP contribution >= 0.6 is 11.8 Å². The van der Waals surface area contributed by atoms with Crippen LogP contribution in [-0.2, 0) is 11.3 Å². The highest BCUT2D eigenvalue weighted by atomic mass is 32.2. The molecule has 0 fully saturated rings. The fraction of sp³-hybridized carbons (Fsp3) is 0.500. The van der Waals surface area contributed by atoms with E-state index in [2.05, 4.69) is 34.7 Å². The first-order valence-corrected chi connectivity index (χ1v) is 8.63. The van der Waals surface area contributed by atoms with Crippen molar-refractivity contribution in [1.82, 2.24) is 25.5 Å². The summed E-state index contributed by atoms with van der Waals surface area (Å²) in [4.78, 5) is 12.4. The second-order valence-corrected chi connectivity index (χ2v) is 7.25. The molecule has 1 N–H and O–H groups in total. The molecule has 23 heavy (non-hydrogen) atoms. The molecule has 1 amide bonds. The number of hydrogen-bond acceptors (Lipinski definition) is 5. The van der Waals surface area contributed by atoms with Crippen molar-refractivity contribution in [2.75, 3.05) is 0 Å². The Hall–Kier alpha value is -1.89. The number of benzene rings is 1. The molecular formula is C16H23N5OS. The van der Waals surface area contributed by atoms with Crippen LogP contribution in [0.3, 0.4) is 0 Å². The number of rotatable bonds is 7. The first-order valence-electron chi connectivity index (χ1n) is 7.75. The van der Waals surface area contributed by atoms with Crippen LogP contribution in [-0.4, -0.2) is 31.4 Å². The van der Waals surface area contributed by atoms with Gasteiger partial charge in [-0.25, -0.2) is 4.68 Å². The van der Waals surface area contributed by atoms with Gasteiger partial charge in [0.15, 0.2) is 0 Å². The van der Waals surface area contributed by atoms with Crippen molar-refractivity contribution >= 4 is 17.7 Å². The summed E-state index contributed by atoms with van der Waals surface area (Å²) >= 11 is 1.38. The molecule has 0 saturated heterocycles. The van der Waals surface area contributed by atoms with E-state index in [4.69, 9.17) is 0 Å².